The van der Waals surface area contributed by atoms with Crippen LogP contribution < -0.4 is 10.9 Å². The highest BCUT2D eigenvalue weighted by Gasteiger charge is 2.15. The number of anilines is 1. The van der Waals surface area contributed by atoms with Crippen LogP contribution in [0.4, 0.5) is 5.69 Å². The van der Waals surface area contributed by atoms with Gasteiger partial charge in [0.25, 0.3) is 5.56 Å². The lowest BCUT2D eigenvalue weighted by atomic mass is 10.1. The molecule has 1 aromatic heterocycles. The van der Waals surface area contributed by atoms with Crippen LogP contribution in [0.15, 0.2) is 35.1 Å². The predicted octanol–water partition coefficient (Wildman–Crippen LogP) is 2.52. The Bertz CT molecular complexity index is 657. The molecule has 1 aliphatic heterocycles. The molecule has 0 spiro atoms. The Balaban J connectivity index is 1.80. The van der Waals surface area contributed by atoms with Crippen molar-refractivity contribution in [2.45, 2.75) is 25.4 Å². The average Bonchev–Trinajstić information content (AvgIpc) is 2.97. The third-order valence-electron chi connectivity index (χ3n) is 3.96. The molecule has 1 unspecified atom stereocenters. The normalized spacial score (nSPS) is 18.6. The summed E-state index contributed by atoms with van der Waals surface area (Å²) in [4.78, 5) is 12.0. The second kappa shape index (κ2) is 5.67. The summed E-state index contributed by atoms with van der Waals surface area (Å²) < 4.78 is 7.30. The minimum absolute atomic E-state index is 0.0170. The smallest absolute Gasteiger partial charge is 0.252 e. The summed E-state index contributed by atoms with van der Waals surface area (Å²) in [6.07, 6.45) is 3.68. The second-order valence-electron chi connectivity index (χ2n) is 5.32. The van der Waals surface area contributed by atoms with E-state index < -0.39 is 0 Å². The van der Waals surface area contributed by atoms with E-state index in [1.807, 2.05) is 24.3 Å². The van der Waals surface area contributed by atoms with Crippen molar-refractivity contribution >= 4 is 16.6 Å². The topological polar surface area (TPSA) is 43.3 Å². The van der Waals surface area contributed by atoms with Crippen LogP contribution >= 0.6 is 0 Å². The van der Waals surface area contributed by atoms with E-state index in [1.54, 1.807) is 17.7 Å². The van der Waals surface area contributed by atoms with Gasteiger partial charge in [0.15, 0.2) is 0 Å². The van der Waals surface area contributed by atoms with Crippen LogP contribution in [0.2, 0.25) is 0 Å². The molecule has 3 rings (SSSR count). The first-order valence-electron chi connectivity index (χ1n) is 7.20. The summed E-state index contributed by atoms with van der Waals surface area (Å²) in [7, 11) is 1.81. The lowest BCUT2D eigenvalue weighted by Crippen LogP contribution is -2.18. The van der Waals surface area contributed by atoms with E-state index in [9.17, 15) is 4.79 Å². The van der Waals surface area contributed by atoms with Gasteiger partial charge in [-0.05, 0) is 25.3 Å². The number of para-hydroxylation sites is 1. The van der Waals surface area contributed by atoms with Crippen LogP contribution in [0.1, 0.15) is 19.3 Å². The van der Waals surface area contributed by atoms with E-state index in [1.165, 1.54) is 6.42 Å². The Morgan fingerprint density at radius 2 is 2.25 bits per heavy atom. The number of nitrogens with zero attached hydrogens (tertiary/aromatic N) is 1. The highest BCUT2D eigenvalue weighted by Crippen LogP contribution is 2.21. The van der Waals surface area contributed by atoms with Crippen molar-refractivity contribution in [2.75, 3.05) is 18.5 Å². The molecular weight excluding hydrogens is 252 g/mol. The number of nitrogens with one attached hydrogen (secondary N) is 1. The summed E-state index contributed by atoms with van der Waals surface area (Å²) in [6, 6.07) is 9.65. The molecule has 2 heterocycles. The minimum Gasteiger partial charge on any atom is -0.384 e. The molecule has 106 valence electrons. The standard InChI is InChI=1S/C16H20N2O2/c1-18-15-7-3-2-6-13(15)14(11-16(18)19)17-9-8-12-5-4-10-20-12/h2-3,6-7,11-12,17H,4-5,8-10H2,1H3. The first-order valence-corrected chi connectivity index (χ1v) is 7.20. The number of benzene rings is 1. The van der Waals surface area contributed by atoms with E-state index in [-0.39, 0.29) is 5.56 Å². The van der Waals surface area contributed by atoms with Crippen molar-refractivity contribution in [2.24, 2.45) is 7.05 Å². The van der Waals surface area contributed by atoms with E-state index >= 15 is 0 Å². The van der Waals surface area contributed by atoms with E-state index in [2.05, 4.69) is 5.32 Å². The zero-order valence-corrected chi connectivity index (χ0v) is 11.8. The fourth-order valence-corrected chi connectivity index (χ4v) is 2.80. The third kappa shape index (κ3) is 2.56. The number of hydrogen-bond acceptors (Lipinski definition) is 3. The quantitative estimate of drug-likeness (QED) is 0.930. The lowest BCUT2D eigenvalue weighted by Gasteiger charge is -2.14. The number of hydrogen-bond donors (Lipinski definition) is 1. The van der Waals surface area contributed by atoms with Gasteiger partial charge in [-0.2, -0.15) is 0 Å². The van der Waals surface area contributed by atoms with Gasteiger partial charge in [0, 0.05) is 37.3 Å². The van der Waals surface area contributed by atoms with E-state index in [4.69, 9.17) is 4.74 Å². The van der Waals surface area contributed by atoms with Crippen molar-refractivity contribution in [1.82, 2.24) is 4.57 Å². The molecule has 0 radical (unpaired) electrons. The average molecular weight is 272 g/mol. The van der Waals surface area contributed by atoms with Crippen molar-refractivity contribution in [3.63, 3.8) is 0 Å². The number of ether oxygens (including phenoxy) is 1. The van der Waals surface area contributed by atoms with Gasteiger partial charge < -0.3 is 14.6 Å². The molecule has 20 heavy (non-hydrogen) atoms. The molecule has 1 aromatic carbocycles. The third-order valence-corrected chi connectivity index (χ3v) is 3.96. The molecule has 0 saturated carbocycles. The molecule has 1 saturated heterocycles. The first kappa shape index (κ1) is 13.2. The molecule has 0 aliphatic carbocycles. The maximum absolute atomic E-state index is 12.0. The van der Waals surface area contributed by atoms with Gasteiger partial charge in [-0.1, -0.05) is 18.2 Å². The number of aryl methyl sites for hydroxylation is 1. The monoisotopic (exact) mass is 272 g/mol. The molecule has 2 aromatic rings. The summed E-state index contributed by atoms with van der Waals surface area (Å²) in [6.45, 7) is 1.72. The van der Waals surface area contributed by atoms with Crippen LogP contribution in [-0.2, 0) is 11.8 Å². The molecule has 0 amide bonds. The molecular formula is C16H20N2O2. The number of rotatable bonds is 4. The van der Waals surface area contributed by atoms with Gasteiger partial charge in [0.1, 0.15) is 0 Å². The molecule has 0 bridgehead atoms. The Morgan fingerprint density at radius 1 is 1.40 bits per heavy atom. The molecule has 4 heteroatoms. The van der Waals surface area contributed by atoms with Crippen LogP contribution in [0.3, 0.4) is 0 Å². The Morgan fingerprint density at radius 3 is 3.05 bits per heavy atom. The van der Waals surface area contributed by atoms with Crippen LogP contribution in [0, 0.1) is 0 Å². The molecule has 1 N–H and O–H groups in total. The fourth-order valence-electron chi connectivity index (χ4n) is 2.80. The van der Waals surface area contributed by atoms with Crippen LogP contribution in [-0.4, -0.2) is 23.8 Å². The Kier molecular flexibility index (Phi) is 3.74. The summed E-state index contributed by atoms with van der Waals surface area (Å²) in [5, 5.41) is 4.47. The number of pyridine rings is 1. The number of aromatic nitrogens is 1. The lowest BCUT2D eigenvalue weighted by molar-refractivity contribution is 0.107. The number of fused-ring (bicyclic) bond motifs is 1. The van der Waals surface area contributed by atoms with Gasteiger partial charge in [0.05, 0.1) is 11.6 Å². The maximum atomic E-state index is 12.0. The summed E-state index contributed by atoms with van der Waals surface area (Å²) in [5.74, 6) is 0. The largest absolute Gasteiger partial charge is 0.384 e. The predicted molar refractivity (Wildman–Crippen MR) is 81.3 cm³/mol. The van der Waals surface area contributed by atoms with Crippen molar-refractivity contribution in [3.05, 3.63) is 40.7 Å². The van der Waals surface area contributed by atoms with E-state index in [0.717, 1.165) is 42.6 Å². The van der Waals surface area contributed by atoms with Crippen molar-refractivity contribution < 1.29 is 4.74 Å². The second-order valence-corrected chi connectivity index (χ2v) is 5.32. The maximum Gasteiger partial charge on any atom is 0.252 e. The minimum atomic E-state index is 0.0170. The fraction of sp³-hybridized carbons (Fsp3) is 0.438. The Hall–Kier alpha value is -1.81. The van der Waals surface area contributed by atoms with Gasteiger partial charge in [-0.15, -0.1) is 0 Å². The Labute approximate surface area is 118 Å². The first-order chi connectivity index (χ1) is 9.75. The van der Waals surface area contributed by atoms with Gasteiger partial charge in [0.2, 0.25) is 0 Å². The molecule has 4 nitrogen and oxygen atoms in total. The zero-order valence-electron chi connectivity index (χ0n) is 11.8. The molecule has 1 fully saturated rings. The van der Waals surface area contributed by atoms with Gasteiger partial charge >= 0.3 is 0 Å². The highest BCUT2D eigenvalue weighted by atomic mass is 16.5. The zero-order chi connectivity index (χ0) is 13.9. The van der Waals surface area contributed by atoms with Crippen molar-refractivity contribution in [3.8, 4) is 0 Å². The summed E-state index contributed by atoms with van der Waals surface area (Å²) >= 11 is 0. The highest BCUT2D eigenvalue weighted by molar-refractivity contribution is 5.91. The molecule has 1 atom stereocenters. The van der Waals surface area contributed by atoms with Gasteiger partial charge in [-0.3, -0.25) is 4.79 Å². The SMILES string of the molecule is Cn1c(=O)cc(NCCC2CCCO2)c2ccccc21. The van der Waals surface area contributed by atoms with Crippen LogP contribution in [0.25, 0.3) is 10.9 Å². The van der Waals surface area contributed by atoms with Crippen LogP contribution in [0.5, 0.6) is 0 Å². The summed E-state index contributed by atoms with van der Waals surface area (Å²) in [5.41, 5.74) is 1.89. The van der Waals surface area contributed by atoms with Crippen molar-refractivity contribution in [1.29, 1.82) is 0 Å². The van der Waals surface area contributed by atoms with E-state index in [0.29, 0.717) is 6.10 Å². The molecule has 1 aliphatic rings. The van der Waals surface area contributed by atoms with Gasteiger partial charge in [-0.25, -0.2) is 0 Å².